The summed E-state index contributed by atoms with van der Waals surface area (Å²) in [6, 6.07) is 76.8. The third-order valence-corrected chi connectivity index (χ3v) is 9.82. The maximum atomic E-state index is 2.46. The molecule has 9 aromatic carbocycles. The van der Waals surface area contributed by atoms with E-state index < -0.39 is 0 Å². The minimum Gasteiger partial charge on any atom is -0.309 e. The summed E-state index contributed by atoms with van der Waals surface area (Å²) < 4.78 is 0. The van der Waals surface area contributed by atoms with Gasteiger partial charge in [0, 0.05) is 16.8 Å². The predicted octanol–water partition coefficient (Wildman–Crippen LogP) is 14.1. The fraction of sp³-hybridized carbons (Fsp3) is 0. The van der Waals surface area contributed by atoms with Crippen LogP contribution in [0.2, 0.25) is 0 Å². The maximum Gasteiger partial charge on any atom is 0.0546 e. The molecule has 51 heavy (non-hydrogen) atoms. The monoisotopic (exact) mass is 649 g/mol. The summed E-state index contributed by atoms with van der Waals surface area (Å²) in [5, 5.41) is 4.96. The van der Waals surface area contributed by atoms with Crippen LogP contribution in [0.15, 0.2) is 212 Å². The summed E-state index contributed by atoms with van der Waals surface area (Å²) in [5.41, 5.74) is 12.7. The van der Waals surface area contributed by atoms with Gasteiger partial charge in [-0.25, -0.2) is 0 Å². The van der Waals surface area contributed by atoms with Crippen molar-refractivity contribution >= 4 is 38.6 Å². The Morgan fingerprint density at radius 2 is 0.686 bits per heavy atom. The van der Waals surface area contributed by atoms with Crippen molar-refractivity contribution in [3.63, 3.8) is 0 Å². The molecule has 0 fully saturated rings. The van der Waals surface area contributed by atoms with Crippen LogP contribution < -0.4 is 4.90 Å². The van der Waals surface area contributed by atoms with Crippen LogP contribution in [0.5, 0.6) is 0 Å². The lowest BCUT2D eigenvalue weighted by molar-refractivity contribution is 1.28. The van der Waals surface area contributed by atoms with E-state index in [1.165, 1.54) is 66.1 Å². The highest BCUT2D eigenvalue weighted by atomic mass is 15.1. The molecule has 0 unspecified atom stereocenters. The highest BCUT2D eigenvalue weighted by Crippen LogP contribution is 2.46. The molecule has 1 nitrogen and oxygen atoms in total. The number of anilines is 3. The number of hydrogen-bond donors (Lipinski definition) is 0. The van der Waals surface area contributed by atoms with Crippen LogP contribution in [0.3, 0.4) is 0 Å². The molecule has 0 heterocycles. The van der Waals surface area contributed by atoms with Crippen LogP contribution >= 0.6 is 0 Å². The first-order valence-electron chi connectivity index (χ1n) is 17.5. The zero-order chi connectivity index (χ0) is 34.0. The maximum absolute atomic E-state index is 2.46. The molecular formula is C50H35N. The molecule has 0 saturated heterocycles. The topological polar surface area (TPSA) is 3.24 Å². The van der Waals surface area contributed by atoms with Crippen molar-refractivity contribution in [3.05, 3.63) is 212 Å². The summed E-state index contributed by atoms with van der Waals surface area (Å²) in [7, 11) is 0. The molecule has 240 valence electrons. The van der Waals surface area contributed by atoms with Crippen molar-refractivity contribution in [2.24, 2.45) is 0 Å². The van der Waals surface area contributed by atoms with Gasteiger partial charge in [0.1, 0.15) is 0 Å². The SMILES string of the molecule is c1ccc(-c2ccccc2N(c2cccc(-c3ccc4ccccc4c3)c2)c2cc(-c3ccc4ccccc4c3)ccc2-c2ccccc2)cc1. The first-order valence-corrected chi connectivity index (χ1v) is 17.5. The highest BCUT2D eigenvalue weighted by molar-refractivity contribution is 5.97. The molecule has 0 aliphatic carbocycles. The molecule has 0 aromatic heterocycles. The van der Waals surface area contributed by atoms with Crippen molar-refractivity contribution in [2.45, 2.75) is 0 Å². The molecule has 0 saturated carbocycles. The molecule has 0 spiro atoms. The Kier molecular flexibility index (Phi) is 7.92. The fourth-order valence-corrected chi connectivity index (χ4v) is 7.26. The van der Waals surface area contributed by atoms with Gasteiger partial charge in [-0.1, -0.05) is 176 Å². The fourth-order valence-electron chi connectivity index (χ4n) is 7.26. The molecule has 0 bridgehead atoms. The Labute approximate surface area is 299 Å². The number of benzene rings is 9. The number of para-hydroxylation sites is 1. The number of fused-ring (bicyclic) bond motifs is 2. The molecule has 1 heteroatoms. The first-order chi connectivity index (χ1) is 25.3. The van der Waals surface area contributed by atoms with Gasteiger partial charge in [-0.2, -0.15) is 0 Å². The average Bonchev–Trinajstić information content (AvgIpc) is 3.21. The molecule has 0 amide bonds. The Balaban J connectivity index is 1.30. The van der Waals surface area contributed by atoms with Gasteiger partial charge < -0.3 is 4.90 Å². The number of nitrogens with zero attached hydrogens (tertiary/aromatic N) is 1. The first kappa shape index (κ1) is 30.4. The van der Waals surface area contributed by atoms with Crippen molar-refractivity contribution < 1.29 is 0 Å². The van der Waals surface area contributed by atoms with Gasteiger partial charge in [-0.05, 0) is 91.3 Å². The Morgan fingerprint density at radius 3 is 1.31 bits per heavy atom. The van der Waals surface area contributed by atoms with E-state index in [4.69, 9.17) is 0 Å². The van der Waals surface area contributed by atoms with Gasteiger partial charge >= 0.3 is 0 Å². The lowest BCUT2D eigenvalue weighted by atomic mass is 9.94. The zero-order valence-electron chi connectivity index (χ0n) is 28.2. The van der Waals surface area contributed by atoms with Gasteiger partial charge in [0.15, 0.2) is 0 Å². The lowest BCUT2D eigenvalue weighted by Crippen LogP contribution is -2.13. The van der Waals surface area contributed by atoms with Gasteiger partial charge in [0.05, 0.1) is 11.4 Å². The predicted molar refractivity (Wildman–Crippen MR) is 218 cm³/mol. The summed E-state index contributed by atoms with van der Waals surface area (Å²) in [6.45, 7) is 0. The molecule has 9 rings (SSSR count). The summed E-state index contributed by atoms with van der Waals surface area (Å²) >= 11 is 0. The van der Waals surface area contributed by atoms with Crippen molar-refractivity contribution in [2.75, 3.05) is 4.90 Å². The molecule has 0 N–H and O–H groups in total. The van der Waals surface area contributed by atoms with Gasteiger partial charge in [-0.15, -0.1) is 0 Å². The van der Waals surface area contributed by atoms with E-state index in [2.05, 4.69) is 217 Å². The molecular weight excluding hydrogens is 615 g/mol. The molecule has 0 aliphatic rings. The molecule has 0 aliphatic heterocycles. The van der Waals surface area contributed by atoms with Gasteiger partial charge in [0.2, 0.25) is 0 Å². The normalized spacial score (nSPS) is 11.1. The van der Waals surface area contributed by atoms with Crippen molar-refractivity contribution in [3.8, 4) is 44.5 Å². The van der Waals surface area contributed by atoms with Gasteiger partial charge in [0.25, 0.3) is 0 Å². The summed E-state index contributed by atoms with van der Waals surface area (Å²) in [4.78, 5) is 2.46. The third kappa shape index (κ3) is 5.96. The van der Waals surface area contributed by atoms with Crippen molar-refractivity contribution in [1.82, 2.24) is 0 Å². The van der Waals surface area contributed by atoms with Crippen LogP contribution in [0.1, 0.15) is 0 Å². The Bertz CT molecular complexity index is 2640. The number of hydrogen-bond acceptors (Lipinski definition) is 1. The molecule has 0 atom stereocenters. The molecule has 0 radical (unpaired) electrons. The average molecular weight is 650 g/mol. The Morgan fingerprint density at radius 1 is 0.235 bits per heavy atom. The van der Waals surface area contributed by atoms with E-state index in [9.17, 15) is 0 Å². The second-order valence-corrected chi connectivity index (χ2v) is 13.0. The second kappa shape index (κ2) is 13.3. The zero-order valence-corrected chi connectivity index (χ0v) is 28.2. The summed E-state index contributed by atoms with van der Waals surface area (Å²) in [6.07, 6.45) is 0. The van der Waals surface area contributed by atoms with Crippen molar-refractivity contribution in [1.29, 1.82) is 0 Å². The largest absolute Gasteiger partial charge is 0.309 e. The Hall–Kier alpha value is -6.70. The van der Waals surface area contributed by atoms with Crippen LogP contribution in [0, 0.1) is 0 Å². The third-order valence-electron chi connectivity index (χ3n) is 9.82. The van der Waals surface area contributed by atoms with Crippen LogP contribution in [0.25, 0.3) is 66.1 Å². The van der Waals surface area contributed by atoms with Crippen LogP contribution in [-0.4, -0.2) is 0 Å². The van der Waals surface area contributed by atoms with E-state index in [1.54, 1.807) is 0 Å². The minimum absolute atomic E-state index is 1.09. The van der Waals surface area contributed by atoms with E-state index >= 15 is 0 Å². The minimum atomic E-state index is 1.09. The van der Waals surface area contributed by atoms with Crippen LogP contribution in [0.4, 0.5) is 17.1 Å². The number of rotatable bonds is 7. The summed E-state index contributed by atoms with van der Waals surface area (Å²) in [5.74, 6) is 0. The van der Waals surface area contributed by atoms with E-state index in [1.807, 2.05) is 0 Å². The van der Waals surface area contributed by atoms with Gasteiger partial charge in [-0.3, -0.25) is 0 Å². The quantitative estimate of drug-likeness (QED) is 0.166. The second-order valence-electron chi connectivity index (χ2n) is 13.0. The lowest BCUT2D eigenvalue weighted by Gasteiger charge is -2.31. The van der Waals surface area contributed by atoms with E-state index in [-0.39, 0.29) is 0 Å². The standard InChI is InChI=1S/C50H35N/c1-3-16-38(17-4-1)47-24-11-12-25-49(47)51(46-23-13-22-42(34-46)43-28-26-36-14-7-9-20-40(36)32-43)50-35-45(30-31-48(50)39-18-5-2-6-19-39)44-29-27-37-15-8-10-21-41(37)33-44/h1-35H. The smallest absolute Gasteiger partial charge is 0.0546 e. The highest BCUT2D eigenvalue weighted by Gasteiger charge is 2.22. The van der Waals surface area contributed by atoms with E-state index in [0.29, 0.717) is 0 Å². The molecule has 9 aromatic rings. The van der Waals surface area contributed by atoms with Crippen LogP contribution in [-0.2, 0) is 0 Å². The van der Waals surface area contributed by atoms with E-state index in [0.717, 1.165) is 17.1 Å².